The van der Waals surface area contributed by atoms with Gasteiger partial charge in [0.25, 0.3) is 0 Å². The summed E-state index contributed by atoms with van der Waals surface area (Å²) < 4.78 is 5.37. The maximum absolute atomic E-state index is 13.2. The Balaban J connectivity index is 1.71. The molecule has 1 heterocycles. The van der Waals surface area contributed by atoms with Gasteiger partial charge in [-0.3, -0.25) is 4.79 Å². The minimum Gasteiger partial charge on any atom is -0.378 e. The molecule has 3 amide bonds. The van der Waals surface area contributed by atoms with Crippen LogP contribution in [0.2, 0.25) is 0 Å². The molecule has 0 aliphatic carbocycles. The van der Waals surface area contributed by atoms with Crippen LogP contribution in [0.15, 0.2) is 67.3 Å². The lowest BCUT2D eigenvalue weighted by Gasteiger charge is -2.31. The highest BCUT2D eigenvalue weighted by atomic mass is 16.5. The number of nitrogens with one attached hydrogen (secondary N) is 1. The molecule has 1 aliphatic rings. The highest BCUT2D eigenvalue weighted by molar-refractivity contribution is 5.85. The van der Waals surface area contributed by atoms with Gasteiger partial charge < -0.3 is 19.9 Å². The van der Waals surface area contributed by atoms with Crippen molar-refractivity contribution in [3.8, 4) is 6.07 Å². The molecule has 1 atom stereocenters. The lowest BCUT2D eigenvalue weighted by atomic mass is 9.97. The Labute approximate surface area is 188 Å². The molecule has 1 saturated heterocycles. The van der Waals surface area contributed by atoms with Gasteiger partial charge in [-0.2, -0.15) is 5.26 Å². The Morgan fingerprint density at radius 2 is 1.94 bits per heavy atom. The molecule has 1 N–H and O–H groups in total. The normalized spacial score (nSPS) is 14.2. The molecule has 0 bridgehead atoms. The van der Waals surface area contributed by atoms with Crippen molar-refractivity contribution in [3.63, 3.8) is 0 Å². The third-order valence-electron chi connectivity index (χ3n) is 5.35. The second-order valence-electron chi connectivity index (χ2n) is 7.57. The van der Waals surface area contributed by atoms with Crippen LogP contribution in [0.25, 0.3) is 0 Å². The minimum atomic E-state index is -0.481. The van der Waals surface area contributed by atoms with Crippen LogP contribution in [-0.4, -0.2) is 61.1 Å². The van der Waals surface area contributed by atoms with Gasteiger partial charge in [-0.15, -0.1) is 6.58 Å². The Hall–Kier alpha value is -3.63. The second-order valence-corrected chi connectivity index (χ2v) is 7.57. The molecule has 2 aromatic rings. The van der Waals surface area contributed by atoms with Crippen molar-refractivity contribution in [1.82, 2.24) is 15.1 Å². The van der Waals surface area contributed by atoms with E-state index >= 15 is 0 Å². The van der Waals surface area contributed by atoms with E-state index in [-0.39, 0.29) is 18.5 Å². The number of amides is 3. The van der Waals surface area contributed by atoms with Gasteiger partial charge in [-0.25, -0.2) is 4.79 Å². The highest BCUT2D eigenvalue weighted by Gasteiger charge is 2.28. The quantitative estimate of drug-likeness (QED) is 0.650. The Morgan fingerprint density at radius 1 is 1.19 bits per heavy atom. The summed E-state index contributed by atoms with van der Waals surface area (Å²) in [7, 11) is 0. The molecule has 166 valence electrons. The molecular formula is C25H28N4O3. The van der Waals surface area contributed by atoms with E-state index < -0.39 is 5.92 Å². The van der Waals surface area contributed by atoms with E-state index in [1.807, 2.05) is 36.4 Å². The number of ether oxygens (including phenoxy) is 1. The van der Waals surface area contributed by atoms with Crippen molar-refractivity contribution in [2.45, 2.75) is 12.5 Å². The smallest absolute Gasteiger partial charge is 0.318 e. The maximum Gasteiger partial charge on any atom is 0.318 e. The zero-order valence-electron chi connectivity index (χ0n) is 18.1. The number of nitriles is 1. The summed E-state index contributed by atoms with van der Waals surface area (Å²) in [5.74, 6) is -0.498. The van der Waals surface area contributed by atoms with Gasteiger partial charge in [0.15, 0.2) is 0 Å². The molecule has 3 rings (SSSR count). The van der Waals surface area contributed by atoms with Crippen LogP contribution in [0.1, 0.15) is 22.6 Å². The van der Waals surface area contributed by atoms with E-state index in [1.165, 1.54) is 0 Å². The summed E-state index contributed by atoms with van der Waals surface area (Å²) in [6.45, 7) is 6.75. The van der Waals surface area contributed by atoms with Gasteiger partial charge >= 0.3 is 6.03 Å². The number of carbonyl (C=O) groups excluding carboxylic acids is 2. The van der Waals surface area contributed by atoms with E-state index in [2.05, 4.69) is 18.0 Å². The number of benzene rings is 2. The second kappa shape index (κ2) is 11.7. The molecule has 1 aliphatic heterocycles. The standard InChI is InChI=1S/C25H28N4O3/c1-2-11-29(19-21-8-6-7-20(16-21)17-26)25(31)27-18-23(22-9-4-3-5-10-22)24(30)28-12-14-32-15-13-28/h2-10,16,23H,1,11-15,18-19H2,(H,27,31). The average Bonchev–Trinajstić information content (AvgIpc) is 2.85. The molecule has 1 fully saturated rings. The third kappa shape index (κ3) is 6.19. The fourth-order valence-corrected chi connectivity index (χ4v) is 3.67. The fraction of sp³-hybridized carbons (Fsp3) is 0.320. The lowest BCUT2D eigenvalue weighted by molar-refractivity contribution is -0.136. The first-order valence-corrected chi connectivity index (χ1v) is 10.7. The molecule has 7 nitrogen and oxygen atoms in total. The first kappa shape index (κ1) is 23.0. The van der Waals surface area contributed by atoms with Crippen molar-refractivity contribution >= 4 is 11.9 Å². The summed E-state index contributed by atoms with van der Waals surface area (Å²) in [6, 6.07) is 18.5. The molecule has 0 saturated carbocycles. The summed E-state index contributed by atoms with van der Waals surface area (Å²) in [4.78, 5) is 29.6. The van der Waals surface area contributed by atoms with Crippen LogP contribution in [0.5, 0.6) is 0 Å². The van der Waals surface area contributed by atoms with E-state index in [0.29, 0.717) is 45.0 Å². The van der Waals surface area contributed by atoms with Crippen LogP contribution < -0.4 is 5.32 Å². The third-order valence-corrected chi connectivity index (χ3v) is 5.35. The first-order valence-electron chi connectivity index (χ1n) is 10.7. The van der Waals surface area contributed by atoms with Gasteiger partial charge in [0, 0.05) is 32.7 Å². The predicted octanol–water partition coefficient (Wildman–Crippen LogP) is 2.90. The lowest BCUT2D eigenvalue weighted by Crippen LogP contribution is -2.47. The summed E-state index contributed by atoms with van der Waals surface area (Å²) in [5.41, 5.74) is 2.26. The van der Waals surface area contributed by atoms with Crippen molar-refractivity contribution < 1.29 is 14.3 Å². The van der Waals surface area contributed by atoms with Crippen molar-refractivity contribution in [2.75, 3.05) is 39.4 Å². The summed E-state index contributed by atoms with van der Waals surface area (Å²) >= 11 is 0. The molecule has 2 aromatic carbocycles. The van der Waals surface area contributed by atoms with Crippen LogP contribution in [0, 0.1) is 11.3 Å². The number of urea groups is 1. The van der Waals surface area contributed by atoms with Gasteiger partial charge in [-0.1, -0.05) is 48.5 Å². The molecule has 0 aromatic heterocycles. The van der Waals surface area contributed by atoms with Crippen LogP contribution in [0.3, 0.4) is 0 Å². The average molecular weight is 433 g/mol. The van der Waals surface area contributed by atoms with Crippen molar-refractivity contribution in [3.05, 3.63) is 83.9 Å². The molecule has 32 heavy (non-hydrogen) atoms. The monoisotopic (exact) mass is 432 g/mol. The van der Waals surface area contributed by atoms with E-state index in [0.717, 1.165) is 11.1 Å². The zero-order valence-corrected chi connectivity index (χ0v) is 18.1. The number of hydrogen-bond donors (Lipinski definition) is 1. The van der Waals surface area contributed by atoms with Crippen LogP contribution >= 0.6 is 0 Å². The molecular weight excluding hydrogens is 404 g/mol. The van der Waals surface area contributed by atoms with Crippen molar-refractivity contribution in [1.29, 1.82) is 5.26 Å². The molecule has 7 heteroatoms. The minimum absolute atomic E-state index is 0.0169. The van der Waals surface area contributed by atoms with E-state index in [1.54, 1.807) is 34.1 Å². The zero-order chi connectivity index (χ0) is 22.8. The van der Waals surface area contributed by atoms with Gasteiger partial charge in [0.05, 0.1) is 30.8 Å². The number of hydrogen-bond acceptors (Lipinski definition) is 4. The van der Waals surface area contributed by atoms with Gasteiger partial charge in [-0.05, 0) is 23.3 Å². The SMILES string of the molecule is C=CCN(Cc1cccc(C#N)c1)C(=O)NCC(C(=O)N1CCOCC1)c1ccccc1. The number of nitrogens with zero attached hydrogens (tertiary/aromatic N) is 3. The van der Waals surface area contributed by atoms with Gasteiger partial charge in [0.1, 0.15) is 0 Å². The van der Waals surface area contributed by atoms with Gasteiger partial charge in [0.2, 0.25) is 5.91 Å². The Kier molecular flexibility index (Phi) is 8.41. The fourth-order valence-electron chi connectivity index (χ4n) is 3.67. The van der Waals surface area contributed by atoms with E-state index in [9.17, 15) is 9.59 Å². The summed E-state index contributed by atoms with van der Waals surface area (Å²) in [5, 5.41) is 12.0. The Bertz CT molecular complexity index is 965. The maximum atomic E-state index is 13.2. The Morgan fingerprint density at radius 3 is 2.62 bits per heavy atom. The topological polar surface area (TPSA) is 85.7 Å². The summed E-state index contributed by atoms with van der Waals surface area (Å²) in [6.07, 6.45) is 1.65. The number of morpholine rings is 1. The van der Waals surface area contributed by atoms with E-state index in [4.69, 9.17) is 10.00 Å². The predicted molar refractivity (Wildman–Crippen MR) is 122 cm³/mol. The number of carbonyl (C=O) groups is 2. The van der Waals surface area contributed by atoms with Crippen LogP contribution in [0.4, 0.5) is 4.79 Å². The molecule has 1 unspecified atom stereocenters. The highest BCUT2D eigenvalue weighted by Crippen LogP contribution is 2.19. The first-order chi connectivity index (χ1) is 15.6. The molecule has 0 spiro atoms. The number of rotatable bonds is 8. The largest absolute Gasteiger partial charge is 0.378 e. The van der Waals surface area contributed by atoms with Crippen LogP contribution in [-0.2, 0) is 16.1 Å². The van der Waals surface area contributed by atoms with Crippen molar-refractivity contribution in [2.24, 2.45) is 0 Å². The molecule has 0 radical (unpaired) electrons.